The molecule has 0 unspecified atom stereocenters. The number of nitrogens with zero attached hydrogens (tertiary/aromatic N) is 4. The van der Waals surface area contributed by atoms with Crippen molar-refractivity contribution in [3.05, 3.63) is 47.3 Å². The maximum Gasteiger partial charge on any atom is 0.312 e. The monoisotopic (exact) mass is 291 g/mol. The van der Waals surface area contributed by atoms with Crippen LogP contribution in [0.25, 0.3) is 11.2 Å². The van der Waals surface area contributed by atoms with Gasteiger partial charge in [0.25, 0.3) is 0 Å². The van der Waals surface area contributed by atoms with Crippen molar-refractivity contribution in [1.29, 1.82) is 0 Å². The van der Waals surface area contributed by atoms with Crippen LogP contribution in [0.5, 0.6) is 0 Å². The fourth-order valence-electron chi connectivity index (χ4n) is 1.92. The lowest BCUT2D eigenvalue weighted by Crippen LogP contribution is -2.05. The summed E-state index contributed by atoms with van der Waals surface area (Å²) >= 11 is 6.08. The van der Waals surface area contributed by atoms with Crippen molar-refractivity contribution in [1.82, 2.24) is 19.5 Å². The van der Waals surface area contributed by atoms with Gasteiger partial charge in [-0.3, -0.25) is 0 Å². The Morgan fingerprint density at radius 3 is 2.90 bits per heavy atom. The predicted molar refractivity (Wildman–Crippen MR) is 75.0 cm³/mol. The lowest BCUT2D eigenvalue weighted by atomic mass is 10.2. The number of aryl methyl sites for hydroxylation is 1. The molecule has 2 heterocycles. The van der Waals surface area contributed by atoms with Crippen LogP contribution in [-0.4, -0.2) is 19.5 Å². The van der Waals surface area contributed by atoms with Gasteiger partial charge in [-0.05, 0) is 11.6 Å². The number of benzene rings is 1. The Morgan fingerprint density at radius 1 is 1.30 bits per heavy atom. The fourth-order valence-corrected chi connectivity index (χ4v) is 2.13. The number of fused-ring (bicyclic) bond motifs is 1. The van der Waals surface area contributed by atoms with Crippen LogP contribution in [0, 0.1) is 6.08 Å². The third-order valence-corrected chi connectivity index (χ3v) is 3.31. The van der Waals surface area contributed by atoms with Gasteiger partial charge in [-0.15, -0.1) is 0 Å². The zero-order valence-electron chi connectivity index (χ0n) is 10.6. The molecule has 1 N–H and O–H groups in total. The standard InChI is InChI=1S/C13H11ClFN5/c1-20-7-17-10-11(18-13(15)19-12(10)20)16-6-8-4-2-3-5-9(8)14/h2-5,7H,6H2,1H3,(H,16,18,19). The molecule has 0 radical (unpaired) electrons. The van der Waals surface area contributed by atoms with Gasteiger partial charge in [-0.2, -0.15) is 14.4 Å². The molecule has 1 aromatic carbocycles. The number of hydrogen-bond acceptors (Lipinski definition) is 4. The van der Waals surface area contributed by atoms with Gasteiger partial charge in [0.15, 0.2) is 17.0 Å². The summed E-state index contributed by atoms with van der Waals surface area (Å²) in [5.41, 5.74) is 1.87. The Bertz CT molecular complexity index is 771. The van der Waals surface area contributed by atoms with Gasteiger partial charge in [0, 0.05) is 18.6 Å². The van der Waals surface area contributed by atoms with Gasteiger partial charge >= 0.3 is 6.08 Å². The third kappa shape index (κ3) is 2.30. The van der Waals surface area contributed by atoms with Gasteiger partial charge < -0.3 is 9.88 Å². The van der Waals surface area contributed by atoms with E-state index < -0.39 is 6.08 Å². The zero-order chi connectivity index (χ0) is 14.1. The highest BCUT2D eigenvalue weighted by atomic mass is 35.5. The second kappa shape index (κ2) is 5.05. The number of aromatic nitrogens is 4. The molecule has 0 fully saturated rings. The van der Waals surface area contributed by atoms with Crippen molar-refractivity contribution >= 4 is 28.6 Å². The second-order valence-electron chi connectivity index (χ2n) is 4.31. The summed E-state index contributed by atoms with van der Waals surface area (Å²) in [7, 11) is 1.75. The van der Waals surface area contributed by atoms with E-state index in [2.05, 4.69) is 20.3 Å². The van der Waals surface area contributed by atoms with E-state index in [0.29, 0.717) is 28.5 Å². The van der Waals surface area contributed by atoms with Gasteiger partial charge in [-0.25, -0.2) is 4.98 Å². The molecule has 0 spiro atoms. The van der Waals surface area contributed by atoms with Crippen molar-refractivity contribution in [2.45, 2.75) is 6.54 Å². The highest BCUT2D eigenvalue weighted by Gasteiger charge is 2.12. The number of nitrogens with one attached hydrogen (secondary N) is 1. The number of anilines is 1. The molecule has 0 aliphatic rings. The first-order chi connectivity index (χ1) is 9.65. The van der Waals surface area contributed by atoms with E-state index in [1.165, 1.54) is 0 Å². The van der Waals surface area contributed by atoms with Gasteiger partial charge in [0.1, 0.15) is 0 Å². The van der Waals surface area contributed by atoms with Crippen molar-refractivity contribution < 1.29 is 4.39 Å². The van der Waals surface area contributed by atoms with Crippen LogP contribution in [0.4, 0.5) is 10.2 Å². The van der Waals surface area contributed by atoms with Crippen LogP contribution < -0.4 is 5.32 Å². The highest BCUT2D eigenvalue weighted by molar-refractivity contribution is 6.31. The molecular weight excluding hydrogens is 281 g/mol. The van der Waals surface area contributed by atoms with Gasteiger partial charge in [-0.1, -0.05) is 29.8 Å². The van der Waals surface area contributed by atoms with Crippen LogP contribution in [0.15, 0.2) is 30.6 Å². The molecule has 0 saturated heterocycles. The smallest absolute Gasteiger partial charge is 0.312 e. The summed E-state index contributed by atoms with van der Waals surface area (Å²) in [5.74, 6) is 0.355. The molecule has 2 aromatic heterocycles. The summed E-state index contributed by atoms with van der Waals surface area (Å²) in [6.07, 6.45) is 0.780. The minimum Gasteiger partial charge on any atom is -0.364 e. The van der Waals surface area contributed by atoms with Gasteiger partial charge in [0.05, 0.1) is 6.33 Å². The lowest BCUT2D eigenvalue weighted by molar-refractivity contribution is 0.543. The first-order valence-electron chi connectivity index (χ1n) is 5.97. The van der Waals surface area contributed by atoms with Crippen molar-refractivity contribution in [2.75, 3.05) is 5.32 Å². The molecule has 3 aromatic rings. The van der Waals surface area contributed by atoms with E-state index in [-0.39, 0.29) is 0 Å². The Kier molecular flexibility index (Phi) is 3.23. The van der Waals surface area contributed by atoms with Crippen LogP contribution in [-0.2, 0) is 13.6 Å². The predicted octanol–water partition coefficient (Wildman–Crippen LogP) is 2.77. The Hall–Kier alpha value is -2.21. The van der Waals surface area contributed by atoms with Crippen LogP contribution in [0.3, 0.4) is 0 Å². The summed E-state index contributed by atoms with van der Waals surface area (Å²) in [4.78, 5) is 11.6. The SMILES string of the molecule is Cn1cnc2c(NCc3ccccc3Cl)nc(F)nc21. The van der Waals surface area contributed by atoms with E-state index in [1.54, 1.807) is 24.0 Å². The maximum atomic E-state index is 13.4. The molecule has 0 atom stereocenters. The summed E-state index contributed by atoms with van der Waals surface area (Å²) in [5, 5.41) is 3.69. The Balaban J connectivity index is 1.93. The molecule has 20 heavy (non-hydrogen) atoms. The fraction of sp³-hybridized carbons (Fsp3) is 0.154. The van der Waals surface area contributed by atoms with E-state index in [9.17, 15) is 4.39 Å². The molecule has 7 heteroatoms. The topological polar surface area (TPSA) is 55.6 Å². The molecule has 0 amide bonds. The largest absolute Gasteiger partial charge is 0.364 e. The zero-order valence-corrected chi connectivity index (χ0v) is 11.4. The molecule has 3 rings (SSSR count). The lowest BCUT2D eigenvalue weighted by Gasteiger charge is -2.07. The molecule has 0 saturated carbocycles. The minimum absolute atomic E-state index is 0.355. The molecule has 0 aliphatic carbocycles. The normalized spacial score (nSPS) is 10.9. The van der Waals surface area contributed by atoms with E-state index in [0.717, 1.165) is 5.56 Å². The molecule has 5 nitrogen and oxygen atoms in total. The third-order valence-electron chi connectivity index (χ3n) is 2.94. The van der Waals surface area contributed by atoms with Crippen LogP contribution >= 0.6 is 11.6 Å². The molecule has 0 bridgehead atoms. The molecular formula is C13H11ClFN5. The van der Waals surface area contributed by atoms with E-state index >= 15 is 0 Å². The molecule has 102 valence electrons. The summed E-state index contributed by atoms with van der Waals surface area (Å²) < 4.78 is 15.1. The quantitative estimate of drug-likeness (QED) is 0.754. The minimum atomic E-state index is -0.789. The average Bonchev–Trinajstić information content (AvgIpc) is 2.79. The maximum absolute atomic E-state index is 13.4. The van der Waals surface area contributed by atoms with Crippen LogP contribution in [0.2, 0.25) is 5.02 Å². The first-order valence-corrected chi connectivity index (χ1v) is 6.35. The van der Waals surface area contributed by atoms with Crippen molar-refractivity contribution in [3.63, 3.8) is 0 Å². The number of hydrogen-bond donors (Lipinski definition) is 1. The Morgan fingerprint density at radius 2 is 2.10 bits per heavy atom. The second-order valence-corrected chi connectivity index (χ2v) is 4.72. The summed E-state index contributed by atoms with van der Waals surface area (Å²) in [6, 6.07) is 7.44. The first kappa shape index (κ1) is 12.8. The molecule has 0 aliphatic heterocycles. The van der Waals surface area contributed by atoms with Crippen LogP contribution in [0.1, 0.15) is 5.56 Å². The van der Waals surface area contributed by atoms with Crippen molar-refractivity contribution in [3.8, 4) is 0 Å². The summed E-state index contributed by atoms with van der Waals surface area (Å²) in [6.45, 7) is 0.432. The number of halogens is 2. The number of imidazole rings is 1. The average molecular weight is 292 g/mol. The van der Waals surface area contributed by atoms with E-state index in [4.69, 9.17) is 11.6 Å². The van der Waals surface area contributed by atoms with Gasteiger partial charge in [0.2, 0.25) is 0 Å². The number of rotatable bonds is 3. The highest BCUT2D eigenvalue weighted by Crippen LogP contribution is 2.20. The van der Waals surface area contributed by atoms with Crippen molar-refractivity contribution in [2.24, 2.45) is 7.05 Å². The Labute approximate surface area is 119 Å². The van der Waals surface area contributed by atoms with E-state index in [1.807, 2.05) is 18.2 Å².